The number of benzene rings is 2. The molecule has 22 heavy (non-hydrogen) atoms. The normalized spacial score (nSPS) is 10.6. The Morgan fingerprint density at radius 1 is 1.05 bits per heavy atom. The van der Waals surface area contributed by atoms with Gasteiger partial charge in [-0.2, -0.15) is 0 Å². The van der Waals surface area contributed by atoms with Crippen LogP contribution in [0.2, 0.25) is 0 Å². The summed E-state index contributed by atoms with van der Waals surface area (Å²) in [6.45, 7) is 0.613. The van der Waals surface area contributed by atoms with Crippen molar-refractivity contribution in [1.29, 1.82) is 0 Å². The second-order valence-corrected chi connectivity index (χ2v) is 4.63. The second kappa shape index (κ2) is 6.26. The van der Waals surface area contributed by atoms with E-state index < -0.39 is 0 Å². The quantitative estimate of drug-likeness (QED) is 0.719. The molecular formula is C16H15N3O3. The van der Waals surface area contributed by atoms with E-state index in [1.165, 1.54) is 4.68 Å². The zero-order valence-corrected chi connectivity index (χ0v) is 12.1. The Bertz CT molecular complexity index is 845. The number of para-hydroxylation sites is 2. The Hall–Kier alpha value is -2.89. The van der Waals surface area contributed by atoms with Crippen molar-refractivity contribution in [2.75, 3.05) is 13.7 Å². The predicted molar refractivity (Wildman–Crippen MR) is 82.3 cm³/mol. The molecule has 0 saturated carbocycles. The van der Waals surface area contributed by atoms with E-state index in [1.54, 1.807) is 25.3 Å². The highest BCUT2D eigenvalue weighted by Gasteiger charge is 2.06. The van der Waals surface area contributed by atoms with E-state index in [2.05, 4.69) is 10.3 Å². The smallest absolute Gasteiger partial charge is 0.277 e. The molecule has 0 bridgehead atoms. The van der Waals surface area contributed by atoms with Crippen LogP contribution in [0.4, 0.5) is 0 Å². The van der Waals surface area contributed by atoms with Crippen LogP contribution in [0.5, 0.6) is 11.5 Å². The summed E-state index contributed by atoms with van der Waals surface area (Å²) in [6, 6.07) is 14.5. The Balaban J connectivity index is 1.74. The van der Waals surface area contributed by atoms with Crippen LogP contribution in [-0.2, 0) is 6.54 Å². The van der Waals surface area contributed by atoms with Gasteiger partial charge in [-0.3, -0.25) is 4.79 Å². The molecule has 1 heterocycles. The molecule has 0 aliphatic carbocycles. The fourth-order valence-electron chi connectivity index (χ4n) is 2.15. The third-order valence-corrected chi connectivity index (χ3v) is 3.26. The van der Waals surface area contributed by atoms with Gasteiger partial charge < -0.3 is 9.47 Å². The first kappa shape index (κ1) is 14.1. The minimum absolute atomic E-state index is 0.172. The van der Waals surface area contributed by atoms with Gasteiger partial charge in [0.15, 0.2) is 11.5 Å². The van der Waals surface area contributed by atoms with Gasteiger partial charge in [0.25, 0.3) is 5.56 Å². The third kappa shape index (κ3) is 2.76. The summed E-state index contributed by atoms with van der Waals surface area (Å²) < 4.78 is 12.2. The molecule has 0 aliphatic rings. The number of hydrogen-bond donors (Lipinski definition) is 0. The van der Waals surface area contributed by atoms with E-state index in [-0.39, 0.29) is 5.56 Å². The SMILES string of the molecule is COc1ccccc1OCCn1nnc2ccccc2c1=O. The van der Waals surface area contributed by atoms with Gasteiger partial charge in [-0.05, 0) is 24.3 Å². The molecule has 1 aromatic heterocycles. The molecule has 112 valence electrons. The highest BCUT2D eigenvalue weighted by Crippen LogP contribution is 2.25. The molecule has 0 amide bonds. The van der Waals surface area contributed by atoms with Crippen molar-refractivity contribution < 1.29 is 9.47 Å². The van der Waals surface area contributed by atoms with E-state index in [0.29, 0.717) is 35.6 Å². The van der Waals surface area contributed by atoms with Gasteiger partial charge >= 0.3 is 0 Å². The lowest BCUT2D eigenvalue weighted by molar-refractivity contribution is 0.270. The van der Waals surface area contributed by atoms with Gasteiger partial charge in [0.2, 0.25) is 0 Å². The average molecular weight is 297 g/mol. The zero-order chi connectivity index (χ0) is 15.4. The summed E-state index contributed by atoms with van der Waals surface area (Å²) in [5.41, 5.74) is 0.420. The number of methoxy groups -OCH3 is 1. The first-order valence-corrected chi connectivity index (χ1v) is 6.88. The standard InChI is InChI=1S/C16H15N3O3/c1-21-14-8-4-5-9-15(14)22-11-10-19-16(20)12-6-2-3-7-13(12)17-18-19/h2-9H,10-11H2,1H3. The molecule has 0 fully saturated rings. The molecule has 6 nitrogen and oxygen atoms in total. The maximum absolute atomic E-state index is 12.3. The zero-order valence-electron chi connectivity index (χ0n) is 12.1. The molecule has 0 spiro atoms. The predicted octanol–water partition coefficient (Wildman–Crippen LogP) is 1.88. The molecule has 0 aliphatic heterocycles. The molecular weight excluding hydrogens is 282 g/mol. The van der Waals surface area contributed by atoms with Crippen LogP contribution in [0.25, 0.3) is 10.9 Å². The fraction of sp³-hybridized carbons (Fsp3) is 0.188. The maximum Gasteiger partial charge on any atom is 0.277 e. The van der Waals surface area contributed by atoms with E-state index in [9.17, 15) is 4.79 Å². The fourth-order valence-corrected chi connectivity index (χ4v) is 2.15. The van der Waals surface area contributed by atoms with Crippen molar-refractivity contribution in [2.45, 2.75) is 6.54 Å². The van der Waals surface area contributed by atoms with Crippen LogP contribution in [0, 0.1) is 0 Å². The second-order valence-electron chi connectivity index (χ2n) is 4.63. The number of nitrogens with zero attached hydrogens (tertiary/aromatic N) is 3. The molecule has 0 N–H and O–H groups in total. The Morgan fingerprint density at radius 3 is 2.59 bits per heavy atom. The summed E-state index contributed by atoms with van der Waals surface area (Å²) in [5, 5.41) is 8.51. The van der Waals surface area contributed by atoms with Crippen molar-refractivity contribution in [2.24, 2.45) is 0 Å². The number of fused-ring (bicyclic) bond motifs is 1. The lowest BCUT2D eigenvalue weighted by atomic mass is 10.2. The van der Waals surface area contributed by atoms with E-state index >= 15 is 0 Å². The number of hydrogen-bond acceptors (Lipinski definition) is 5. The number of aromatic nitrogens is 3. The van der Waals surface area contributed by atoms with E-state index in [1.807, 2.05) is 30.3 Å². The first-order valence-electron chi connectivity index (χ1n) is 6.88. The summed E-state index contributed by atoms with van der Waals surface area (Å²) in [5.74, 6) is 1.28. The van der Waals surface area contributed by atoms with E-state index in [4.69, 9.17) is 9.47 Å². The first-order chi connectivity index (χ1) is 10.8. The minimum Gasteiger partial charge on any atom is -0.493 e. The molecule has 3 aromatic rings. The number of rotatable bonds is 5. The lowest BCUT2D eigenvalue weighted by Crippen LogP contribution is -2.26. The molecule has 0 saturated heterocycles. The minimum atomic E-state index is -0.172. The van der Waals surface area contributed by atoms with Crippen LogP contribution in [0.15, 0.2) is 53.3 Å². The molecule has 3 rings (SSSR count). The maximum atomic E-state index is 12.3. The van der Waals surface area contributed by atoms with Gasteiger partial charge in [-0.25, -0.2) is 4.68 Å². The topological polar surface area (TPSA) is 66.2 Å². The van der Waals surface area contributed by atoms with Crippen LogP contribution >= 0.6 is 0 Å². The van der Waals surface area contributed by atoms with Crippen LogP contribution in [0.3, 0.4) is 0 Å². The molecule has 2 aromatic carbocycles. The molecule has 0 unspecified atom stereocenters. The summed E-state index contributed by atoms with van der Waals surface area (Å²) in [6.07, 6.45) is 0. The van der Waals surface area contributed by atoms with Gasteiger partial charge in [-0.1, -0.05) is 29.5 Å². The van der Waals surface area contributed by atoms with Crippen LogP contribution in [0.1, 0.15) is 0 Å². The lowest BCUT2D eigenvalue weighted by Gasteiger charge is -2.10. The van der Waals surface area contributed by atoms with Crippen LogP contribution < -0.4 is 15.0 Å². The van der Waals surface area contributed by atoms with Gasteiger partial charge in [0.1, 0.15) is 12.1 Å². The van der Waals surface area contributed by atoms with Crippen molar-refractivity contribution in [3.8, 4) is 11.5 Å². The highest BCUT2D eigenvalue weighted by atomic mass is 16.5. The van der Waals surface area contributed by atoms with Gasteiger partial charge in [0.05, 0.1) is 19.0 Å². The van der Waals surface area contributed by atoms with Gasteiger partial charge in [0, 0.05) is 0 Å². The van der Waals surface area contributed by atoms with Crippen molar-refractivity contribution in [3.63, 3.8) is 0 Å². The third-order valence-electron chi connectivity index (χ3n) is 3.26. The molecule has 0 radical (unpaired) electrons. The molecule has 6 heteroatoms. The molecule has 0 atom stereocenters. The Morgan fingerprint density at radius 2 is 1.77 bits per heavy atom. The summed E-state index contributed by atoms with van der Waals surface area (Å²) in [4.78, 5) is 12.3. The number of ether oxygens (including phenoxy) is 2. The Labute approximate surface area is 126 Å². The van der Waals surface area contributed by atoms with Crippen molar-refractivity contribution in [1.82, 2.24) is 15.0 Å². The summed E-state index contributed by atoms with van der Waals surface area (Å²) in [7, 11) is 1.58. The monoisotopic (exact) mass is 297 g/mol. The van der Waals surface area contributed by atoms with Crippen molar-refractivity contribution in [3.05, 3.63) is 58.9 Å². The van der Waals surface area contributed by atoms with Gasteiger partial charge in [-0.15, -0.1) is 5.10 Å². The van der Waals surface area contributed by atoms with E-state index in [0.717, 1.165) is 0 Å². The van der Waals surface area contributed by atoms with Crippen molar-refractivity contribution >= 4 is 10.9 Å². The summed E-state index contributed by atoms with van der Waals surface area (Å²) >= 11 is 0. The van der Waals surface area contributed by atoms with Crippen LogP contribution in [-0.4, -0.2) is 28.7 Å². The largest absolute Gasteiger partial charge is 0.493 e. The Kier molecular flexibility index (Phi) is 4.00. The highest BCUT2D eigenvalue weighted by molar-refractivity contribution is 5.76. The average Bonchev–Trinajstić information content (AvgIpc) is 2.57.